The summed E-state index contributed by atoms with van der Waals surface area (Å²) in [7, 11) is 0. The molecular weight excluding hydrogens is 196 g/mol. The lowest BCUT2D eigenvalue weighted by Gasteiger charge is -2.53. The van der Waals surface area contributed by atoms with Gasteiger partial charge in [0.2, 0.25) is 0 Å². The van der Waals surface area contributed by atoms with Crippen LogP contribution in [-0.4, -0.2) is 12.2 Å². The zero-order valence-corrected chi connectivity index (χ0v) is 10.8. The molecular formula is C15H24O. The smallest absolute Gasteiger partial charge is 0.0750 e. The lowest BCUT2D eigenvalue weighted by atomic mass is 9.61. The first-order valence-electron chi connectivity index (χ1n) is 6.96. The second-order valence-electron chi connectivity index (χ2n) is 6.35. The Hall–Kier alpha value is -0.300. The molecule has 1 heterocycles. The molecule has 3 rings (SSSR count). The van der Waals surface area contributed by atoms with Crippen molar-refractivity contribution in [3.05, 3.63) is 11.6 Å². The quantitative estimate of drug-likeness (QED) is 0.564. The van der Waals surface area contributed by atoms with E-state index in [0.717, 1.165) is 18.4 Å². The first-order valence-corrected chi connectivity index (χ1v) is 6.96. The number of rotatable bonds is 0. The van der Waals surface area contributed by atoms with Crippen molar-refractivity contribution in [1.82, 2.24) is 0 Å². The second-order valence-corrected chi connectivity index (χ2v) is 6.35. The maximum atomic E-state index is 6.36. The van der Waals surface area contributed by atoms with Gasteiger partial charge in [0.1, 0.15) is 0 Å². The van der Waals surface area contributed by atoms with Crippen LogP contribution in [0.3, 0.4) is 0 Å². The van der Waals surface area contributed by atoms with Crippen LogP contribution >= 0.6 is 0 Å². The van der Waals surface area contributed by atoms with E-state index in [0.29, 0.717) is 11.8 Å². The van der Waals surface area contributed by atoms with Crippen LogP contribution in [0.1, 0.15) is 46.5 Å². The molecule has 90 valence electrons. The molecule has 0 radical (unpaired) electrons. The van der Waals surface area contributed by atoms with E-state index in [1.807, 2.05) is 0 Å². The number of hydrogen-bond acceptors (Lipinski definition) is 1. The van der Waals surface area contributed by atoms with E-state index in [1.54, 1.807) is 5.57 Å². The first-order chi connectivity index (χ1) is 7.64. The Labute approximate surface area is 99.3 Å². The van der Waals surface area contributed by atoms with Gasteiger partial charge >= 0.3 is 0 Å². The van der Waals surface area contributed by atoms with E-state index < -0.39 is 0 Å². The predicted octanol–water partition coefficient (Wildman–Crippen LogP) is 3.79. The van der Waals surface area contributed by atoms with Gasteiger partial charge in [0, 0.05) is 5.92 Å². The molecule has 0 aromatic rings. The Morgan fingerprint density at radius 2 is 1.94 bits per heavy atom. The molecule has 2 bridgehead atoms. The second kappa shape index (κ2) is 3.60. The average molecular weight is 220 g/mol. The van der Waals surface area contributed by atoms with Crippen LogP contribution in [0, 0.1) is 23.7 Å². The Morgan fingerprint density at radius 1 is 1.25 bits per heavy atom. The maximum absolute atomic E-state index is 6.36. The highest BCUT2D eigenvalue weighted by molar-refractivity contribution is 5.21. The molecule has 3 aliphatic rings. The summed E-state index contributed by atoms with van der Waals surface area (Å²) in [4.78, 5) is 0. The molecule has 1 saturated carbocycles. The van der Waals surface area contributed by atoms with Gasteiger partial charge in [-0.3, -0.25) is 0 Å². The van der Waals surface area contributed by atoms with Crippen molar-refractivity contribution in [2.24, 2.45) is 23.7 Å². The third-order valence-corrected chi connectivity index (χ3v) is 5.47. The predicted molar refractivity (Wildman–Crippen MR) is 66.2 cm³/mol. The SMILES string of the molecule is CC1=C[C@H](C)[C@H]2COC3(CCCC3)[C@@H]1[C@@H]2C. The number of ether oxygens (including phenoxy) is 1. The fraction of sp³-hybridized carbons (Fsp3) is 0.867. The molecule has 0 aromatic heterocycles. The summed E-state index contributed by atoms with van der Waals surface area (Å²) in [6.45, 7) is 8.16. The zero-order chi connectivity index (χ0) is 11.3. The largest absolute Gasteiger partial charge is 0.374 e. The molecule has 2 aliphatic carbocycles. The summed E-state index contributed by atoms with van der Waals surface area (Å²) in [6, 6.07) is 0. The summed E-state index contributed by atoms with van der Waals surface area (Å²) in [5.41, 5.74) is 1.84. The van der Waals surface area contributed by atoms with Gasteiger partial charge in [-0.25, -0.2) is 0 Å². The molecule has 0 aromatic carbocycles. The minimum atomic E-state index is 0.233. The van der Waals surface area contributed by atoms with E-state index in [9.17, 15) is 0 Å². The fourth-order valence-corrected chi connectivity index (χ4v) is 4.76. The fourth-order valence-electron chi connectivity index (χ4n) is 4.76. The van der Waals surface area contributed by atoms with E-state index >= 15 is 0 Å². The molecule has 0 N–H and O–H groups in total. The number of fused-ring (bicyclic) bond motifs is 3. The van der Waals surface area contributed by atoms with Crippen LogP contribution in [-0.2, 0) is 4.74 Å². The van der Waals surface area contributed by atoms with Gasteiger partial charge < -0.3 is 4.74 Å². The van der Waals surface area contributed by atoms with Gasteiger partial charge in [0.15, 0.2) is 0 Å². The van der Waals surface area contributed by atoms with Crippen LogP contribution in [0.4, 0.5) is 0 Å². The molecule has 1 aliphatic heterocycles. The topological polar surface area (TPSA) is 9.23 Å². The molecule has 0 unspecified atom stereocenters. The van der Waals surface area contributed by atoms with Gasteiger partial charge in [0.05, 0.1) is 12.2 Å². The molecule has 1 spiro atoms. The van der Waals surface area contributed by atoms with E-state index in [-0.39, 0.29) is 5.60 Å². The molecule has 16 heavy (non-hydrogen) atoms. The van der Waals surface area contributed by atoms with Crippen molar-refractivity contribution in [2.75, 3.05) is 6.61 Å². The standard InChI is InChI=1S/C15H24O/c1-10-8-11(2)14-12(3)13(10)9-16-15(14)6-4-5-7-15/h8,10,12-14H,4-7,9H2,1-3H3/t10-,12+,13+,14-/m0/s1. The lowest BCUT2D eigenvalue weighted by molar-refractivity contribution is -0.160. The summed E-state index contributed by atoms with van der Waals surface area (Å²) < 4.78 is 6.36. The van der Waals surface area contributed by atoms with Crippen LogP contribution in [0.15, 0.2) is 11.6 Å². The highest BCUT2D eigenvalue weighted by atomic mass is 16.5. The molecule has 1 nitrogen and oxygen atoms in total. The summed E-state index contributed by atoms with van der Waals surface area (Å²) in [6.07, 6.45) is 7.87. The highest BCUT2D eigenvalue weighted by Gasteiger charge is 2.52. The van der Waals surface area contributed by atoms with Crippen molar-refractivity contribution in [2.45, 2.75) is 52.1 Å². The Balaban J connectivity index is 1.99. The molecule has 1 heteroatoms. The van der Waals surface area contributed by atoms with Crippen LogP contribution in [0.5, 0.6) is 0 Å². The minimum absolute atomic E-state index is 0.233. The van der Waals surface area contributed by atoms with E-state index in [4.69, 9.17) is 4.74 Å². The van der Waals surface area contributed by atoms with Crippen molar-refractivity contribution >= 4 is 0 Å². The summed E-state index contributed by atoms with van der Waals surface area (Å²) >= 11 is 0. The lowest BCUT2D eigenvalue weighted by Crippen LogP contribution is -2.53. The molecule has 0 amide bonds. The first kappa shape index (κ1) is 10.8. The van der Waals surface area contributed by atoms with Crippen molar-refractivity contribution < 1.29 is 4.74 Å². The van der Waals surface area contributed by atoms with E-state index in [2.05, 4.69) is 26.8 Å². The Morgan fingerprint density at radius 3 is 2.62 bits per heavy atom. The van der Waals surface area contributed by atoms with Crippen molar-refractivity contribution in [1.29, 1.82) is 0 Å². The monoisotopic (exact) mass is 220 g/mol. The number of hydrogen-bond donors (Lipinski definition) is 0. The van der Waals surface area contributed by atoms with Crippen molar-refractivity contribution in [3.63, 3.8) is 0 Å². The molecule has 1 saturated heterocycles. The Kier molecular flexibility index (Phi) is 2.43. The zero-order valence-electron chi connectivity index (χ0n) is 10.8. The van der Waals surface area contributed by atoms with Gasteiger partial charge in [-0.05, 0) is 37.5 Å². The number of allylic oxidation sites excluding steroid dienone is 1. The summed E-state index contributed by atoms with van der Waals surface area (Å²) in [5, 5.41) is 0. The molecule has 4 atom stereocenters. The normalized spacial score (nSPS) is 45.8. The third-order valence-electron chi connectivity index (χ3n) is 5.47. The Bertz CT molecular complexity index is 311. The summed E-state index contributed by atoms with van der Waals surface area (Å²) in [5.74, 6) is 3.02. The van der Waals surface area contributed by atoms with Gasteiger partial charge in [-0.15, -0.1) is 0 Å². The maximum Gasteiger partial charge on any atom is 0.0750 e. The van der Waals surface area contributed by atoms with Crippen LogP contribution < -0.4 is 0 Å². The highest BCUT2D eigenvalue weighted by Crippen LogP contribution is 2.54. The van der Waals surface area contributed by atoms with Crippen molar-refractivity contribution in [3.8, 4) is 0 Å². The van der Waals surface area contributed by atoms with Crippen LogP contribution in [0.25, 0.3) is 0 Å². The van der Waals surface area contributed by atoms with Crippen LogP contribution in [0.2, 0.25) is 0 Å². The third kappa shape index (κ3) is 1.33. The van der Waals surface area contributed by atoms with E-state index in [1.165, 1.54) is 25.7 Å². The van der Waals surface area contributed by atoms with Gasteiger partial charge in [0.25, 0.3) is 0 Å². The minimum Gasteiger partial charge on any atom is -0.374 e. The van der Waals surface area contributed by atoms with Gasteiger partial charge in [-0.2, -0.15) is 0 Å². The molecule has 2 fully saturated rings. The average Bonchev–Trinajstić information content (AvgIpc) is 2.65. The van der Waals surface area contributed by atoms with Gasteiger partial charge in [-0.1, -0.05) is 38.3 Å².